The van der Waals surface area contributed by atoms with Gasteiger partial charge in [0.25, 0.3) is 11.8 Å². The van der Waals surface area contributed by atoms with Crippen molar-refractivity contribution >= 4 is 23.7 Å². The second-order valence-electron chi connectivity index (χ2n) is 6.09. The van der Waals surface area contributed by atoms with Gasteiger partial charge in [-0.05, 0) is 24.1 Å². The number of benzene rings is 2. The van der Waals surface area contributed by atoms with Crippen molar-refractivity contribution in [2.75, 3.05) is 13.1 Å². The molecule has 0 saturated heterocycles. The van der Waals surface area contributed by atoms with Crippen LogP contribution in [0.25, 0.3) is 0 Å². The summed E-state index contributed by atoms with van der Waals surface area (Å²) in [4.78, 5) is 54.7. The Morgan fingerprint density at radius 3 is 2.04 bits per heavy atom. The summed E-state index contributed by atoms with van der Waals surface area (Å²) in [5.41, 5.74) is 1.39. The van der Waals surface area contributed by atoms with E-state index in [1.54, 1.807) is 12.1 Å². The van der Waals surface area contributed by atoms with Gasteiger partial charge in [0, 0.05) is 13.5 Å². The molecule has 0 unspecified atom stereocenters. The molecule has 0 spiro atoms. The van der Waals surface area contributed by atoms with Crippen molar-refractivity contribution in [1.82, 2.24) is 9.96 Å². The van der Waals surface area contributed by atoms with Gasteiger partial charge in [-0.25, -0.2) is 4.79 Å². The Balaban J connectivity index is 1.61. The van der Waals surface area contributed by atoms with Crippen LogP contribution in [0.2, 0.25) is 0 Å². The number of hydrogen-bond donors (Lipinski definition) is 0. The summed E-state index contributed by atoms with van der Waals surface area (Å²) in [6, 6.07) is 15.8. The van der Waals surface area contributed by atoms with Gasteiger partial charge in [0.05, 0.1) is 11.1 Å². The largest absolute Gasteiger partial charge is 0.352 e. The summed E-state index contributed by atoms with van der Waals surface area (Å²) in [5, 5.41) is 0.447. The maximum atomic E-state index is 12.2. The third-order valence-electron chi connectivity index (χ3n) is 4.23. The molecule has 1 aliphatic heterocycles. The Labute approximate surface area is 156 Å². The van der Waals surface area contributed by atoms with E-state index in [0.29, 0.717) is 18.0 Å². The predicted octanol–water partition coefficient (Wildman–Crippen LogP) is 1.83. The van der Waals surface area contributed by atoms with E-state index < -0.39 is 17.8 Å². The average molecular weight is 366 g/mol. The number of hydrogen-bond acceptors (Lipinski definition) is 5. The molecule has 1 heterocycles. The van der Waals surface area contributed by atoms with E-state index in [9.17, 15) is 19.2 Å². The fourth-order valence-corrected chi connectivity index (χ4v) is 2.79. The number of imide groups is 1. The zero-order valence-electron chi connectivity index (χ0n) is 14.8. The van der Waals surface area contributed by atoms with Crippen LogP contribution in [-0.4, -0.2) is 46.7 Å². The first-order valence-corrected chi connectivity index (χ1v) is 8.45. The lowest BCUT2D eigenvalue weighted by Crippen LogP contribution is -2.40. The van der Waals surface area contributed by atoms with Crippen LogP contribution in [-0.2, 0) is 20.8 Å². The van der Waals surface area contributed by atoms with Gasteiger partial charge < -0.3 is 9.74 Å². The third kappa shape index (κ3) is 4.03. The number of rotatable bonds is 6. The third-order valence-corrected chi connectivity index (χ3v) is 4.23. The molecule has 0 N–H and O–H groups in total. The molecule has 0 atom stereocenters. The smallest absolute Gasteiger partial charge is 0.331 e. The van der Waals surface area contributed by atoms with Gasteiger partial charge in [-0.15, -0.1) is 0 Å². The molecule has 0 aromatic heterocycles. The molecule has 0 bridgehead atoms. The standard InChI is InChI=1S/C20H18N2O5/c1-14(23)21(12-11-15-7-3-2-4-8-15)13-18(24)27-22-19(25)16-9-5-6-10-17(16)20(22)26/h2-10H,11-13H2,1H3. The number of carbonyl (C=O) groups is 4. The highest BCUT2D eigenvalue weighted by molar-refractivity contribution is 6.20. The van der Waals surface area contributed by atoms with E-state index in [0.717, 1.165) is 5.56 Å². The van der Waals surface area contributed by atoms with Gasteiger partial charge in [-0.1, -0.05) is 47.5 Å². The van der Waals surface area contributed by atoms with Crippen LogP contribution in [0.4, 0.5) is 0 Å². The molecule has 7 nitrogen and oxygen atoms in total. The first-order chi connectivity index (χ1) is 13.0. The van der Waals surface area contributed by atoms with Crippen LogP contribution in [0.3, 0.4) is 0 Å². The first kappa shape index (κ1) is 18.3. The predicted molar refractivity (Wildman–Crippen MR) is 95.4 cm³/mol. The van der Waals surface area contributed by atoms with E-state index in [-0.39, 0.29) is 23.6 Å². The molecule has 3 amide bonds. The summed E-state index contributed by atoms with van der Waals surface area (Å²) in [6.45, 7) is 1.31. The number of amides is 3. The van der Waals surface area contributed by atoms with Gasteiger partial charge in [-0.3, -0.25) is 14.4 Å². The highest BCUT2D eigenvalue weighted by atomic mass is 16.7. The van der Waals surface area contributed by atoms with E-state index in [1.807, 2.05) is 30.3 Å². The molecule has 1 aliphatic rings. The fourth-order valence-electron chi connectivity index (χ4n) is 2.79. The van der Waals surface area contributed by atoms with Gasteiger partial charge in [0.2, 0.25) is 5.91 Å². The average Bonchev–Trinajstić information content (AvgIpc) is 2.91. The van der Waals surface area contributed by atoms with Crippen molar-refractivity contribution in [3.8, 4) is 0 Å². The number of nitrogens with zero attached hydrogens (tertiary/aromatic N) is 2. The monoisotopic (exact) mass is 366 g/mol. The second kappa shape index (κ2) is 7.82. The molecule has 0 aliphatic carbocycles. The molecule has 0 radical (unpaired) electrons. The summed E-state index contributed by atoms with van der Waals surface area (Å²) in [6.07, 6.45) is 0.570. The van der Waals surface area contributed by atoms with Crippen LogP contribution in [0.15, 0.2) is 54.6 Å². The van der Waals surface area contributed by atoms with Crippen molar-refractivity contribution in [2.45, 2.75) is 13.3 Å². The zero-order valence-corrected chi connectivity index (χ0v) is 14.8. The van der Waals surface area contributed by atoms with Crippen molar-refractivity contribution in [1.29, 1.82) is 0 Å². The van der Waals surface area contributed by atoms with E-state index in [1.165, 1.54) is 24.0 Å². The molecule has 3 rings (SSSR count). The van der Waals surface area contributed by atoms with Crippen molar-refractivity contribution in [2.24, 2.45) is 0 Å². The normalized spacial score (nSPS) is 12.7. The highest BCUT2D eigenvalue weighted by Crippen LogP contribution is 2.22. The minimum absolute atomic E-state index is 0.183. The summed E-state index contributed by atoms with van der Waals surface area (Å²) in [5.74, 6) is -2.54. The molecule has 2 aromatic rings. The lowest BCUT2D eigenvalue weighted by atomic mass is 10.1. The SMILES string of the molecule is CC(=O)N(CCc1ccccc1)CC(=O)ON1C(=O)c2ccccc2C1=O. The number of hydroxylamine groups is 2. The van der Waals surface area contributed by atoms with Crippen LogP contribution in [0, 0.1) is 0 Å². The topological polar surface area (TPSA) is 84.0 Å². The first-order valence-electron chi connectivity index (χ1n) is 8.45. The van der Waals surface area contributed by atoms with Gasteiger partial charge >= 0.3 is 5.97 Å². The molecule has 0 fully saturated rings. The maximum Gasteiger partial charge on any atom is 0.352 e. The minimum atomic E-state index is -0.854. The van der Waals surface area contributed by atoms with Crippen LogP contribution >= 0.6 is 0 Å². The Morgan fingerprint density at radius 1 is 0.926 bits per heavy atom. The molecule has 2 aromatic carbocycles. The summed E-state index contributed by atoms with van der Waals surface area (Å²) in [7, 11) is 0. The fraction of sp³-hybridized carbons (Fsp3) is 0.200. The van der Waals surface area contributed by atoms with E-state index in [2.05, 4.69) is 0 Å². The Morgan fingerprint density at radius 2 is 1.48 bits per heavy atom. The molecule has 7 heteroatoms. The van der Waals surface area contributed by atoms with Gasteiger partial charge in [0.1, 0.15) is 6.54 Å². The second-order valence-corrected chi connectivity index (χ2v) is 6.09. The molecule has 138 valence electrons. The Kier molecular flexibility index (Phi) is 5.30. The Bertz CT molecular complexity index is 859. The zero-order chi connectivity index (χ0) is 19.4. The quantitative estimate of drug-likeness (QED) is 0.729. The summed E-state index contributed by atoms with van der Waals surface area (Å²) >= 11 is 0. The minimum Gasteiger partial charge on any atom is -0.331 e. The maximum absolute atomic E-state index is 12.2. The number of carbonyl (C=O) groups excluding carboxylic acids is 4. The van der Waals surface area contributed by atoms with Crippen molar-refractivity contribution in [3.63, 3.8) is 0 Å². The van der Waals surface area contributed by atoms with E-state index >= 15 is 0 Å². The lowest BCUT2D eigenvalue weighted by Gasteiger charge is -2.21. The lowest BCUT2D eigenvalue weighted by molar-refractivity contribution is -0.171. The van der Waals surface area contributed by atoms with Crippen LogP contribution in [0.5, 0.6) is 0 Å². The highest BCUT2D eigenvalue weighted by Gasteiger charge is 2.38. The van der Waals surface area contributed by atoms with E-state index in [4.69, 9.17) is 4.84 Å². The summed E-state index contributed by atoms with van der Waals surface area (Å²) < 4.78 is 0. The Hall–Kier alpha value is -3.48. The number of fused-ring (bicyclic) bond motifs is 1. The molecular formula is C20H18N2O5. The van der Waals surface area contributed by atoms with Crippen molar-refractivity contribution in [3.05, 3.63) is 71.3 Å². The molecule has 0 saturated carbocycles. The van der Waals surface area contributed by atoms with Crippen LogP contribution < -0.4 is 0 Å². The van der Waals surface area contributed by atoms with Crippen molar-refractivity contribution < 1.29 is 24.0 Å². The molecular weight excluding hydrogens is 348 g/mol. The van der Waals surface area contributed by atoms with Gasteiger partial charge in [0.15, 0.2) is 0 Å². The molecule has 27 heavy (non-hydrogen) atoms. The van der Waals surface area contributed by atoms with Crippen LogP contribution in [0.1, 0.15) is 33.2 Å². The van der Waals surface area contributed by atoms with Gasteiger partial charge in [-0.2, -0.15) is 0 Å².